The van der Waals surface area contributed by atoms with E-state index < -0.39 is 0 Å². The number of ketones is 1. The fourth-order valence-electron chi connectivity index (χ4n) is 2.95. The number of aromatic nitrogens is 1. The minimum absolute atomic E-state index is 0.216. The fourth-order valence-corrected chi connectivity index (χ4v) is 3.08. The quantitative estimate of drug-likeness (QED) is 0.481. The number of fused-ring (bicyclic) bond motifs is 1. The molecule has 0 fully saturated rings. The summed E-state index contributed by atoms with van der Waals surface area (Å²) in [6.07, 6.45) is 3.10. The third kappa shape index (κ3) is 3.40. The van der Waals surface area contributed by atoms with E-state index in [0.717, 1.165) is 10.9 Å². The number of hydrogen-bond acceptors (Lipinski definition) is 4. The molecule has 0 atom stereocenters. The van der Waals surface area contributed by atoms with Gasteiger partial charge in [-0.3, -0.25) is 14.6 Å². The van der Waals surface area contributed by atoms with Crippen molar-refractivity contribution >= 4 is 39.9 Å². The van der Waals surface area contributed by atoms with E-state index in [9.17, 15) is 9.59 Å². The van der Waals surface area contributed by atoms with Gasteiger partial charge in [0.25, 0.3) is 5.91 Å². The molecule has 2 heterocycles. The highest BCUT2D eigenvalue weighted by Gasteiger charge is 2.19. The number of carbonyl (C=O) groups is 2. The summed E-state index contributed by atoms with van der Waals surface area (Å²) in [6, 6.07) is 15.3. The molecule has 2 aromatic carbocycles. The summed E-state index contributed by atoms with van der Waals surface area (Å²) >= 11 is 5.89. The molecular formula is C22H15ClN2O3. The first-order valence-electron chi connectivity index (χ1n) is 8.58. The van der Waals surface area contributed by atoms with Gasteiger partial charge in [-0.15, -0.1) is 0 Å². The molecule has 0 spiro atoms. The number of rotatable bonds is 4. The van der Waals surface area contributed by atoms with Crippen molar-refractivity contribution in [2.75, 3.05) is 5.32 Å². The number of carbonyl (C=O) groups excluding carboxylic acids is 2. The van der Waals surface area contributed by atoms with E-state index in [1.165, 1.54) is 6.20 Å². The van der Waals surface area contributed by atoms with Crippen LogP contribution in [0.5, 0.6) is 0 Å². The Labute approximate surface area is 166 Å². The zero-order valence-electron chi connectivity index (χ0n) is 14.9. The Bertz CT molecular complexity index is 1180. The zero-order valence-corrected chi connectivity index (χ0v) is 15.7. The molecular weight excluding hydrogens is 376 g/mol. The first-order valence-corrected chi connectivity index (χ1v) is 8.95. The predicted molar refractivity (Wildman–Crippen MR) is 108 cm³/mol. The highest BCUT2D eigenvalue weighted by atomic mass is 35.5. The van der Waals surface area contributed by atoms with Crippen molar-refractivity contribution in [3.63, 3.8) is 0 Å². The lowest BCUT2D eigenvalue weighted by Gasteiger charge is -2.04. The summed E-state index contributed by atoms with van der Waals surface area (Å²) in [6.45, 7) is 1.84. The smallest absolute Gasteiger partial charge is 0.257 e. The van der Waals surface area contributed by atoms with Crippen LogP contribution in [0.2, 0.25) is 5.02 Å². The van der Waals surface area contributed by atoms with E-state index >= 15 is 0 Å². The second kappa shape index (κ2) is 7.29. The number of aryl methyl sites for hydroxylation is 1. The van der Waals surface area contributed by atoms with Gasteiger partial charge in [-0.05, 0) is 55.5 Å². The summed E-state index contributed by atoms with van der Waals surface area (Å²) < 4.78 is 5.83. The number of nitrogens with zero attached hydrogens (tertiary/aromatic N) is 1. The van der Waals surface area contributed by atoms with Crippen LogP contribution in [-0.4, -0.2) is 16.7 Å². The molecule has 0 unspecified atom stereocenters. The van der Waals surface area contributed by atoms with Crippen molar-refractivity contribution in [2.45, 2.75) is 6.92 Å². The lowest BCUT2D eigenvalue weighted by Crippen LogP contribution is -2.11. The zero-order chi connectivity index (χ0) is 19.7. The number of pyridine rings is 1. The first-order chi connectivity index (χ1) is 13.5. The Balaban J connectivity index is 1.65. The maximum absolute atomic E-state index is 12.8. The van der Waals surface area contributed by atoms with Crippen LogP contribution in [0.25, 0.3) is 11.0 Å². The molecule has 138 valence electrons. The standard InChI is InChI=1S/C22H15ClN2O3/c1-13-18-9-8-17(25-22(27)15-3-2-10-24-12-15)11-19(18)28-21(13)20(26)14-4-6-16(23)7-5-14/h2-12H,1H3,(H,25,27). The minimum Gasteiger partial charge on any atom is -0.452 e. The van der Waals surface area contributed by atoms with Gasteiger partial charge in [0.2, 0.25) is 5.78 Å². The van der Waals surface area contributed by atoms with Gasteiger partial charge in [-0.2, -0.15) is 0 Å². The monoisotopic (exact) mass is 390 g/mol. The van der Waals surface area contributed by atoms with Crippen LogP contribution in [0.4, 0.5) is 5.69 Å². The molecule has 2 aromatic heterocycles. The van der Waals surface area contributed by atoms with Crippen LogP contribution in [0.1, 0.15) is 32.0 Å². The van der Waals surface area contributed by atoms with Crippen molar-refractivity contribution in [2.24, 2.45) is 0 Å². The van der Waals surface area contributed by atoms with Gasteiger partial charge < -0.3 is 9.73 Å². The van der Waals surface area contributed by atoms with Gasteiger partial charge in [-0.25, -0.2) is 0 Å². The molecule has 5 nitrogen and oxygen atoms in total. The van der Waals surface area contributed by atoms with E-state index in [1.807, 2.05) is 13.0 Å². The molecule has 0 aliphatic rings. The number of hydrogen-bond donors (Lipinski definition) is 1. The average Bonchev–Trinajstić information content (AvgIpc) is 3.04. The third-order valence-electron chi connectivity index (χ3n) is 4.43. The minimum atomic E-state index is -0.270. The summed E-state index contributed by atoms with van der Waals surface area (Å²) in [4.78, 5) is 29.0. The van der Waals surface area contributed by atoms with Crippen molar-refractivity contribution in [1.29, 1.82) is 0 Å². The largest absolute Gasteiger partial charge is 0.452 e. The molecule has 4 aromatic rings. The molecule has 0 aliphatic heterocycles. The molecule has 28 heavy (non-hydrogen) atoms. The van der Waals surface area contributed by atoms with E-state index in [-0.39, 0.29) is 17.5 Å². The Morgan fingerprint density at radius 1 is 1.04 bits per heavy atom. The molecule has 1 amide bonds. The van der Waals surface area contributed by atoms with E-state index in [0.29, 0.717) is 27.4 Å². The Morgan fingerprint density at radius 2 is 1.82 bits per heavy atom. The molecule has 0 radical (unpaired) electrons. The maximum Gasteiger partial charge on any atom is 0.257 e. The van der Waals surface area contributed by atoms with Crippen LogP contribution in [0.3, 0.4) is 0 Å². The summed E-state index contributed by atoms with van der Waals surface area (Å²) in [5, 5.41) is 4.19. The van der Waals surface area contributed by atoms with Gasteiger partial charge in [0.1, 0.15) is 5.58 Å². The fraction of sp³-hybridized carbons (Fsp3) is 0.0455. The number of furan rings is 1. The van der Waals surface area contributed by atoms with E-state index in [2.05, 4.69) is 10.3 Å². The molecule has 0 saturated carbocycles. The van der Waals surface area contributed by atoms with Gasteiger partial charge in [0, 0.05) is 45.7 Å². The van der Waals surface area contributed by atoms with E-state index in [4.69, 9.17) is 16.0 Å². The number of amides is 1. The van der Waals surface area contributed by atoms with Crippen LogP contribution in [0.15, 0.2) is 71.4 Å². The summed E-state index contributed by atoms with van der Waals surface area (Å²) in [5.74, 6) is -0.215. The van der Waals surface area contributed by atoms with Gasteiger partial charge >= 0.3 is 0 Å². The van der Waals surface area contributed by atoms with Crippen molar-refractivity contribution in [3.05, 3.63) is 94.5 Å². The number of nitrogens with one attached hydrogen (secondary N) is 1. The first kappa shape index (κ1) is 17.9. The van der Waals surface area contributed by atoms with Gasteiger partial charge in [0.05, 0.1) is 5.56 Å². The topological polar surface area (TPSA) is 72.2 Å². The van der Waals surface area contributed by atoms with Crippen LogP contribution >= 0.6 is 11.6 Å². The Hall–Kier alpha value is -3.44. The summed E-state index contributed by atoms with van der Waals surface area (Å²) in [5.41, 5.74) is 2.80. The number of benzene rings is 2. The predicted octanol–water partition coefficient (Wildman–Crippen LogP) is 5.27. The van der Waals surface area contributed by atoms with E-state index in [1.54, 1.807) is 54.7 Å². The third-order valence-corrected chi connectivity index (χ3v) is 4.68. The van der Waals surface area contributed by atoms with Crippen LogP contribution in [0, 0.1) is 6.92 Å². The van der Waals surface area contributed by atoms with Crippen molar-refractivity contribution in [1.82, 2.24) is 4.98 Å². The number of halogens is 1. The Kier molecular flexibility index (Phi) is 4.67. The maximum atomic E-state index is 12.8. The summed E-state index contributed by atoms with van der Waals surface area (Å²) in [7, 11) is 0. The average molecular weight is 391 g/mol. The van der Waals surface area contributed by atoms with Crippen molar-refractivity contribution in [3.8, 4) is 0 Å². The normalized spacial score (nSPS) is 10.8. The molecule has 0 saturated heterocycles. The van der Waals surface area contributed by atoms with Gasteiger partial charge in [-0.1, -0.05) is 11.6 Å². The Morgan fingerprint density at radius 3 is 2.54 bits per heavy atom. The molecule has 0 bridgehead atoms. The van der Waals surface area contributed by atoms with Crippen LogP contribution < -0.4 is 5.32 Å². The molecule has 0 aliphatic carbocycles. The lowest BCUT2D eigenvalue weighted by atomic mass is 10.0. The lowest BCUT2D eigenvalue weighted by molar-refractivity contribution is 0.101. The van der Waals surface area contributed by atoms with Crippen LogP contribution in [-0.2, 0) is 0 Å². The van der Waals surface area contributed by atoms with Gasteiger partial charge in [0.15, 0.2) is 5.76 Å². The SMILES string of the molecule is Cc1c(C(=O)c2ccc(Cl)cc2)oc2cc(NC(=O)c3cccnc3)ccc12. The highest BCUT2D eigenvalue weighted by molar-refractivity contribution is 6.30. The number of anilines is 1. The molecule has 6 heteroatoms. The molecule has 4 rings (SSSR count). The van der Waals surface area contributed by atoms with Crippen molar-refractivity contribution < 1.29 is 14.0 Å². The highest BCUT2D eigenvalue weighted by Crippen LogP contribution is 2.29. The second-order valence-electron chi connectivity index (χ2n) is 6.30. The molecule has 1 N–H and O–H groups in total. The second-order valence-corrected chi connectivity index (χ2v) is 6.74.